The summed E-state index contributed by atoms with van der Waals surface area (Å²) in [4.78, 5) is 16.1. The summed E-state index contributed by atoms with van der Waals surface area (Å²) in [7, 11) is 1.40. The molecule has 114 valence electrons. The van der Waals surface area contributed by atoms with Crippen LogP contribution < -0.4 is 10.3 Å². The molecule has 0 saturated carbocycles. The van der Waals surface area contributed by atoms with Crippen LogP contribution in [0.3, 0.4) is 0 Å². The lowest BCUT2D eigenvalue weighted by Crippen LogP contribution is -2.23. The molecule has 2 aromatic rings. The zero-order chi connectivity index (χ0) is 15.4. The van der Waals surface area contributed by atoms with Gasteiger partial charge in [-0.15, -0.1) is 0 Å². The summed E-state index contributed by atoms with van der Waals surface area (Å²) in [6.07, 6.45) is 5.39. The number of hydrogen-bond acceptors (Lipinski definition) is 4. The van der Waals surface area contributed by atoms with E-state index in [1.54, 1.807) is 0 Å². The van der Waals surface area contributed by atoms with Crippen LogP contribution in [0.5, 0.6) is 5.75 Å². The Morgan fingerprint density at radius 2 is 2.10 bits per heavy atom. The summed E-state index contributed by atoms with van der Waals surface area (Å²) in [6.45, 7) is 4.61. The third kappa shape index (κ3) is 3.26. The molecule has 0 radical (unpaired) electrons. The average molecular weight is 311 g/mol. The lowest BCUT2D eigenvalue weighted by Gasteiger charge is -2.12. The number of rotatable bonds is 6. The molecule has 2 aromatic heterocycles. The molecule has 6 nitrogen and oxygen atoms in total. The van der Waals surface area contributed by atoms with E-state index in [2.05, 4.69) is 23.9 Å². The fourth-order valence-electron chi connectivity index (χ4n) is 2.24. The molecule has 0 aliphatic carbocycles. The van der Waals surface area contributed by atoms with Crippen LogP contribution in [0.4, 0.5) is 0 Å². The van der Waals surface area contributed by atoms with Crippen LogP contribution >= 0.6 is 11.6 Å². The van der Waals surface area contributed by atoms with Crippen molar-refractivity contribution < 1.29 is 4.74 Å². The second-order valence-electron chi connectivity index (χ2n) is 4.76. The van der Waals surface area contributed by atoms with Gasteiger partial charge in [0, 0.05) is 6.20 Å². The van der Waals surface area contributed by atoms with E-state index >= 15 is 0 Å². The van der Waals surface area contributed by atoms with Gasteiger partial charge < -0.3 is 4.74 Å². The maximum atomic E-state index is 12.2. The molecular weight excluding hydrogens is 292 g/mol. The fourth-order valence-corrected chi connectivity index (χ4v) is 2.44. The van der Waals surface area contributed by atoms with Crippen molar-refractivity contribution in [3.63, 3.8) is 0 Å². The van der Waals surface area contributed by atoms with Crippen LogP contribution in [0, 0.1) is 0 Å². The summed E-state index contributed by atoms with van der Waals surface area (Å²) in [5, 5.41) is 4.59. The van der Waals surface area contributed by atoms with E-state index < -0.39 is 0 Å². The first-order chi connectivity index (χ1) is 10.1. The Labute approximate surface area is 128 Å². The highest BCUT2D eigenvalue weighted by Crippen LogP contribution is 2.16. The Morgan fingerprint density at radius 3 is 2.71 bits per heavy atom. The molecule has 0 aliphatic rings. The van der Waals surface area contributed by atoms with E-state index in [1.807, 2.05) is 16.9 Å². The Balaban J connectivity index is 2.25. The minimum atomic E-state index is -0.311. The number of halogens is 1. The standard InChI is InChI=1S/C14H19ClN4O2/c1-4-11(5-2)19-7-6-10(17-19)8-18-9-16-13(15)12(21-3)14(18)20/h6-7,9,11H,4-5,8H2,1-3H3. The second-order valence-corrected chi connectivity index (χ2v) is 5.12. The normalized spacial score (nSPS) is 11.1. The first kappa shape index (κ1) is 15.6. The summed E-state index contributed by atoms with van der Waals surface area (Å²) >= 11 is 5.82. The highest BCUT2D eigenvalue weighted by molar-refractivity contribution is 6.30. The maximum absolute atomic E-state index is 12.2. The topological polar surface area (TPSA) is 61.9 Å². The molecule has 0 fully saturated rings. The zero-order valence-corrected chi connectivity index (χ0v) is 13.2. The zero-order valence-electron chi connectivity index (χ0n) is 12.4. The van der Waals surface area contributed by atoms with Gasteiger partial charge in [0.2, 0.25) is 5.75 Å². The molecule has 0 bridgehead atoms. The van der Waals surface area contributed by atoms with Crippen molar-refractivity contribution in [3.8, 4) is 5.75 Å². The molecule has 21 heavy (non-hydrogen) atoms. The monoisotopic (exact) mass is 310 g/mol. The highest BCUT2D eigenvalue weighted by Gasteiger charge is 2.12. The average Bonchev–Trinajstić information content (AvgIpc) is 2.92. The number of methoxy groups -OCH3 is 1. The molecule has 0 amide bonds. The highest BCUT2D eigenvalue weighted by atomic mass is 35.5. The van der Waals surface area contributed by atoms with Gasteiger partial charge in [0.25, 0.3) is 5.56 Å². The Kier molecular flexibility index (Phi) is 5.01. The predicted molar refractivity (Wildman–Crippen MR) is 81.0 cm³/mol. The van der Waals surface area contributed by atoms with Gasteiger partial charge in [0.15, 0.2) is 5.15 Å². The van der Waals surface area contributed by atoms with Crippen molar-refractivity contribution in [1.29, 1.82) is 0 Å². The van der Waals surface area contributed by atoms with Crippen molar-refractivity contribution in [2.75, 3.05) is 7.11 Å². The molecule has 0 spiro atoms. The first-order valence-electron chi connectivity index (χ1n) is 6.93. The summed E-state index contributed by atoms with van der Waals surface area (Å²) in [6, 6.07) is 2.29. The van der Waals surface area contributed by atoms with Crippen LogP contribution in [-0.2, 0) is 6.54 Å². The first-order valence-corrected chi connectivity index (χ1v) is 7.31. The second kappa shape index (κ2) is 6.76. The lowest BCUT2D eigenvalue weighted by molar-refractivity contribution is 0.399. The molecule has 7 heteroatoms. The molecule has 0 unspecified atom stereocenters. The van der Waals surface area contributed by atoms with E-state index in [-0.39, 0.29) is 16.5 Å². The molecule has 0 aliphatic heterocycles. The lowest BCUT2D eigenvalue weighted by atomic mass is 10.2. The molecule has 2 heterocycles. The van der Waals surface area contributed by atoms with Crippen molar-refractivity contribution in [1.82, 2.24) is 19.3 Å². The molecule has 0 atom stereocenters. The Bertz CT molecular complexity index is 661. The van der Waals surface area contributed by atoms with Crippen molar-refractivity contribution >= 4 is 11.6 Å². The van der Waals surface area contributed by atoms with Gasteiger partial charge in [0.05, 0.1) is 31.7 Å². The van der Waals surface area contributed by atoms with Crippen LogP contribution in [0.1, 0.15) is 38.4 Å². The Morgan fingerprint density at radius 1 is 1.38 bits per heavy atom. The van der Waals surface area contributed by atoms with Gasteiger partial charge >= 0.3 is 0 Å². The van der Waals surface area contributed by atoms with Gasteiger partial charge in [-0.25, -0.2) is 4.98 Å². The number of aromatic nitrogens is 4. The van der Waals surface area contributed by atoms with Crippen molar-refractivity contribution in [2.24, 2.45) is 0 Å². The third-order valence-corrected chi connectivity index (χ3v) is 3.74. The van der Waals surface area contributed by atoms with Crippen LogP contribution in [0.15, 0.2) is 23.4 Å². The molecule has 0 aromatic carbocycles. The number of nitrogens with zero attached hydrogens (tertiary/aromatic N) is 4. The van der Waals surface area contributed by atoms with Gasteiger partial charge in [-0.3, -0.25) is 14.0 Å². The smallest absolute Gasteiger partial charge is 0.297 e. The van der Waals surface area contributed by atoms with E-state index in [0.717, 1.165) is 18.5 Å². The molecular formula is C14H19ClN4O2. The Hall–Kier alpha value is -1.82. The van der Waals surface area contributed by atoms with E-state index in [0.29, 0.717) is 12.6 Å². The summed E-state index contributed by atoms with van der Waals surface area (Å²) in [5.41, 5.74) is 0.491. The van der Waals surface area contributed by atoms with Gasteiger partial charge in [-0.1, -0.05) is 25.4 Å². The van der Waals surface area contributed by atoms with Crippen LogP contribution in [0.2, 0.25) is 5.15 Å². The van der Waals surface area contributed by atoms with E-state index in [1.165, 1.54) is 18.0 Å². The SMILES string of the molecule is CCC(CC)n1ccc(Cn2cnc(Cl)c(OC)c2=O)n1. The third-order valence-electron chi connectivity index (χ3n) is 3.47. The minimum Gasteiger partial charge on any atom is -0.489 e. The quantitative estimate of drug-likeness (QED) is 0.769. The predicted octanol–water partition coefficient (Wildman–Crippen LogP) is 2.51. The number of hydrogen-bond donors (Lipinski definition) is 0. The summed E-state index contributed by atoms with van der Waals surface area (Å²) < 4.78 is 8.36. The molecule has 2 rings (SSSR count). The van der Waals surface area contributed by atoms with Crippen molar-refractivity contribution in [2.45, 2.75) is 39.3 Å². The number of ether oxygens (including phenoxy) is 1. The fraction of sp³-hybridized carbons (Fsp3) is 0.500. The van der Waals surface area contributed by atoms with E-state index in [9.17, 15) is 4.79 Å². The van der Waals surface area contributed by atoms with Gasteiger partial charge in [0.1, 0.15) is 0 Å². The molecule has 0 saturated heterocycles. The van der Waals surface area contributed by atoms with Crippen LogP contribution in [0.25, 0.3) is 0 Å². The van der Waals surface area contributed by atoms with Gasteiger partial charge in [-0.2, -0.15) is 5.10 Å². The maximum Gasteiger partial charge on any atom is 0.297 e. The van der Waals surface area contributed by atoms with Crippen LogP contribution in [-0.4, -0.2) is 26.4 Å². The summed E-state index contributed by atoms with van der Waals surface area (Å²) in [5.74, 6) is 0.0543. The van der Waals surface area contributed by atoms with Crippen molar-refractivity contribution in [3.05, 3.63) is 39.8 Å². The van der Waals surface area contributed by atoms with Gasteiger partial charge in [-0.05, 0) is 18.9 Å². The van der Waals surface area contributed by atoms with E-state index in [4.69, 9.17) is 16.3 Å². The largest absolute Gasteiger partial charge is 0.489 e. The minimum absolute atomic E-state index is 0.0543. The molecule has 0 N–H and O–H groups in total.